The number of hydrogen-bond donors (Lipinski definition) is 1. The van der Waals surface area contributed by atoms with Crippen molar-refractivity contribution in [2.24, 2.45) is 0 Å². The summed E-state index contributed by atoms with van der Waals surface area (Å²) in [7, 11) is 0. The van der Waals surface area contributed by atoms with Crippen LogP contribution in [0.4, 0.5) is 0 Å². The standard InChI is InChI=1S/C18H22ClNS/c1-3-12-20-17(15-10-8-14(2)9-11-15)13-21-18-7-5-4-6-16(18)19/h4-11,17,20H,3,12-13H2,1-2H3. The average Bonchev–Trinajstić information content (AvgIpc) is 2.50. The third kappa shape index (κ3) is 5.06. The van der Waals surface area contributed by atoms with Crippen LogP contribution in [0.1, 0.15) is 30.5 Å². The maximum atomic E-state index is 6.24. The number of nitrogens with one attached hydrogen (secondary N) is 1. The van der Waals surface area contributed by atoms with E-state index in [1.54, 1.807) is 0 Å². The molecular weight excluding hydrogens is 298 g/mol. The fourth-order valence-electron chi connectivity index (χ4n) is 2.13. The number of benzene rings is 2. The van der Waals surface area contributed by atoms with E-state index < -0.39 is 0 Å². The van der Waals surface area contributed by atoms with Crippen LogP contribution in [0.15, 0.2) is 53.4 Å². The molecule has 0 saturated heterocycles. The van der Waals surface area contributed by atoms with Crippen molar-refractivity contribution in [1.29, 1.82) is 0 Å². The molecule has 1 atom stereocenters. The molecule has 1 N–H and O–H groups in total. The van der Waals surface area contributed by atoms with E-state index >= 15 is 0 Å². The van der Waals surface area contributed by atoms with Gasteiger partial charge >= 0.3 is 0 Å². The summed E-state index contributed by atoms with van der Waals surface area (Å²) in [6.07, 6.45) is 1.14. The van der Waals surface area contributed by atoms with Crippen LogP contribution in [0.5, 0.6) is 0 Å². The van der Waals surface area contributed by atoms with Crippen LogP contribution in [0.25, 0.3) is 0 Å². The summed E-state index contributed by atoms with van der Waals surface area (Å²) in [4.78, 5) is 1.15. The fraction of sp³-hybridized carbons (Fsp3) is 0.333. The lowest BCUT2D eigenvalue weighted by atomic mass is 10.1. The number of aryl methyl sites for hydroxylation is 1. The molecule has 2 aromatic rings. The smallest absolute Gasteiger partial charge is 0.0541 e. The van der Waals surface area contributed by atoms with Gasteiger partial charge in [0.1, 0.15) is 0 Å². The maximum absolute atomic E-state index is 6.24. The van der Waals surface area contributed by atoms with Gasteiger partial charge in [0.15, 0.2) is 0 Å². The molecule has 1 unspecified atom stereocenters. The Morgan fingerprint density at radius 2 is 1.81 bits per heavy atom. The first kappa shape index (κ1) is 16.4. The maximum Gasteiger partial charge on any atom is 0.0541 e. The Bertz CT molecular complexity index is 553. The van der Waals surface area contributed by atoms with Gasteiger partial charge in [0.05, 0.1) is 5.02 Å². The first-order valence-corrected chi connectivity index (χ1v) is 8.74. The van der Waals surface area contributed by atoms with E-state index in [-0.39, 0.29) is 0 Å². The van der Waals surface area contributed by atoms with E-state index in [1.165, 1.54) is 11.1 Å². The van der Waals surface area contributed by atoms with Crippen LogP contribution in [-0.4, -0.2) is 12.3 Å². The second kappa shape index (κ2) is 8.47. The summed E-state index contributed by atoms with van der Waals surface area (Å²) < 4.78 is 0. The average molecular weight is 320 g/mol. The highest BCUT2D eigenvalue weighted by molar-refractivity contribution is 7.99. The molecule has 1 nitrogen and oxygen atoms in total. The molecule has 21 heavy (non-hydrogen) atoms. The monoisotopic (exact) mass is 319 g/mol. The number of halogens is 1. The van der Waals surface area contributed by atoms with Gasteiger partial charge < -0.3 is 5.32 Å². The first-order chi connectivity index (χ1) is 10.2. The zero-order valence-electron chi connectivity index (χ0n) is 12.6. The van der Waals surface area contributed by atoms with Gasteiger partial charge in [0.25, 0.3) is 0 Å². The predicted octanol–water partition coefficient (Wildman–Crippen LogP) is 5.48. The van der Waals surface area contributed by atoms with Gasteiger partial charge in [-0.25, -0.2) is 0 Å². The van der Waals surface area contributed by atoms with E-state index in [2.05, 4.69) is 49.5 Å². The van der Waals surface area contributed by atoms with Crippen molar-refractivity contribution in [1.82, 2.24) is 5.32 Å². The molecule has 0 radical (unpaired) electrons. The zero-order chi connectivity index (χ0) is 15.1. The van der Waals surface area contributed by atoms with Crippen LogP contribution >= 0.6 is 23.4 Å². The summed E-state index contributed by atoms with van der Waals surface area (Å²) in [6, 6.07) is 17.2. The Kier molecular flexibility index (Phi) is 6.62. The van der Waals surface area contributed by atoms with Crippen molar-refractivity contribution in [3.63, 3.8) is 0 Å². The van der Waals surface area contributed by atoms with Gasteiger partial charge in [-0.2, -0.15) is 0 Å². The van der Waals surface area contributed by atoms with Crippen molar-refractivity contribution >= 4 is 23.4 Å². The van der Waals surface area contributed by atoms with Crippen LogP contribution in [0.3, 0.4) is 0 Å². The highest BCUT2D eigenvalue weighted by Gasteiger charge is 2.12. The molecule has 0 aliphatic carbocycles. The molecule has 0 saturated carbocycles. The minimum absolute atomic E-state index is 0.354. The van der Waals surface area contributed by atoms with Crippen molar-refractivity contribution in [3.8, 4) is 0 Å². The summed E-state index contributed by atoms with van der Waals surface area (Å²) in [6.45, 7) is 5.35. The van der Waals surface area contributed by atoms with Gasteiger partial charge in [0, 0.05) is 16.7 Å². The number of thioether (sulfide) groups is 1. The molecular formula is C18H22ClNS. The van der Waals surface area contributed by atoms with Gasteiger partial charge in [0.2, 0.25) is 0 Å². The van der Waals surface area contributed by atoms with Crippen molar-refractivity contribution in [2.75, 3.05) is 12.3 Å². The Balaban J connectivity index is 2.06. The predicted molar refractivity (Wildman–Crippen MR) is 94.4 cm³/mol. The Labute approximate surface area is 137 Å². The Morgan fingerprint density at radius 1 is 1.10 bits per heavy atom. The second-order valence-corrected chi connectivity index (χ2v) is 6.63. The molecule has 3 heteroatoms. The lowest BCUT2D eigenvalue weighted by Crippen LogP contribution is -2.24. The number of rotatable bonds is 7. The molecule has 0 spiro atoms. The van der Waals surface area contributed by atoms with Crippen LogP contribution in [-0.2, 0) is 0 Å². The number of hydrogen-bond acceptors (Lipinski definition) is 2. The minimum Gasteiger partial charge on any atom is -0.309 e. The highest BCUT2D eigenvalue weighted by atomic mass is 35.5. The summed E-state index contributed by atoms with van der Waals surface area (Å²) in [5.41, 5.74) is 2.64. The largest absolute Gasteiger partial charge is 0.309 e. The van der Waals surface area contributed by atoms with Gasteiger partial charge in [-0.3, -0.25) is 0 Å². The fourth-order valence-corrected chi connectivity index (χ4v) is 3.46. The van der Waals surface area contributed by atoms with Gasteiger partial charge in [-0.05, 0) is 37.6 Å². The molecule has 112 valence electrons. The first-order valence-electron chi connectivity index (χ1n) is 7.38. The van der Waals surface area contributed by atoms with Crippen molar-refractivity contribution < 1.29 is 0 Å². The van der Waals surface area contributed by atoms with Crippen LogP contribution < -0.4 is 5.32 Å². The topological polar surface area (TPSA) is 12.0 Å². The van der Waals surface area contributed by atoms with E-state index in [0.717, 1.165) is 28.6 Å². The SMILES string of the molecule is CCCNC(CSc1ccccc1Cl)c1ccc(C)cc1. The second-order valence-electron chi connectivity index (χ2n) is 5.16. The van der Waals surface area contributed by atoms with E-state index in [4.69, 9.17) is 11.6 Å². The molecule has 2 rings (SSSR count). The lowest BCUT2D eigenvalue weighted by Gasteiger charge is -2.19. The molecule has 0 heterocycles. The quantitative estimate of drug-likeness (QED) is 0.678. The molecule has 0 amide bonds. The van der Waals surface area contributed by atoms with Crippen LogP contribution in [0, 0.1) is 6.92 Å². The lowest BCUT2D eigenvalue weighted by molar-refractivity contribution is 0.577. The van der Waals surface area contributed by atoms with Crippen LogP contribution in [0.2, 0.25) is 5.02 Å². The third-order valence-electron chi connectivity index (χ3n) is 3.36. The normalized spacial score (nSPS) is 12.3. The molecule has 0 fully saturated rings. The third-order valence-corrected chi connectivity index (χ3v) is 4.97. The van der Waals surface area contributed by atoms with Crippen molar-refractivity contribution in [2.45, 2.75) is 31.2 Å². The summed E-state index contributed by atoms with van der Waals surface area (Å²) in [5.74, 6) is 0.979. The zero-order valence-corrected chi connectivity index (χ0v) is 14.2. The highest BCUT2D eigenvalue weighted by Crippen LogP contribution is 2.30. The molecule has 0 aromatic heterocycles. The van der Waals surface area contributed by atoms with E-state index in [1.807, 2.05) is 30.0 Å². The molecule has 2 aromatic carbocycles. The van der Waals surface area contributed by atoms with Gasteiger partial charge in [-0.15, -0.1) is 11.8 Å². The Hall–Kier alpha value is -0.960. The van der Waals surface area contributed by atoms with Crippen molar-refractivity contribution in [3.05, 3.63) is 64.7 Å². The van der Waals surface area contributed by atoms with E-state index in [9.17, 15) is 0 Å². The molecule has 0 aliphatic heterocycles. The van der Waals surface area contributed by atoms with Gasteiger partial charge in [-0.1, -0.05) is 60.5 Å². The Morgan fingerprint density at radius 3 is 2.48 bits per heavy atom. The minimum atomic E-state index is 0.354. The molecule has 0 bridgehead atoms. The summed E-state index contributed by atoms with van der Waals surface area (Å²) >= 11 is 8.05. The summed E-state index contributed by atoms with van der Waals surface area (Å²) in [5, 5.41) is 4.46. The molecule has 0 aliphatic rings. The van der Waals surface area contributed by atoms with E-state index in [0.29, 0.717) is 6.04 Å².